The van der Waals surface area contributed by atoms with Crippen molar-refractivity contribution in [2.75, 3.05) is 19.6 Å². The van der Waals surface area contributed by atoms with Crippen molar-refractivity contribution >= 4 is 17.5 Å². The Kier molecular flexibility index (Phi) is 3.44. The summed E-state index contributed by atoms with van der Waals surface area (Å²) in [6.07, 6.45) is 7.73. The van der Waals surface area contributed by atoms with Gasteiger partial charge in [0.1, 0.15) is 0 Å². The molecule has 6 unspecified atom stereocenters. The van der Waals surface area contributed by atoms with Crippen LogP contribution in [0.15, 0.2) is 15.0 Å². The summed E-state index contributed by atoms with van der Waals surface area (Å²) in [5.41, 5.74) is 0. The Hall–Kier alpha value is -1.06. The van der Waals surface area contributed by atoms with Gasteiger partial charge in [-0.25, -0.2) is 0 Å². The second kappa shape index (κ2) is 5.72. The van der Waals surface area contributed by atoms with E-state index in [1.807, 2.05) is 0 Å². The van der Waals surface area contributed by atoms with Crippen LogP contribution in [0.2, 0.25) is 0 Å². The van der Waals surface area contributed by atoms with Crippen molar-refractivity contribution in [3.63, 3.8) is 0 Å². The van der Waals surface area contributed by atoms with Crippen LogP contribution < -0.4 is 16.0 Å². The molecule has 0 aliphatic carbocycles. The molecule has 25 heavy (non-hydrogen) atoms. The van der Waals surface area contributed by atoms with Gasteiger partial charge in [0, 0.05) is 0 Å². The monoisotopic (exact) mass is 379 g/mol. The normalized spacial score (nSPS) is 43.8. The molecule has 3 saturated heterocycles. The van der Waals surface area contributed by atoms with E-state index in [-0.39, 0.29) is 0 Å². The van der Waals surface area contributed by atoms with Crippen LogP contribution in [0.4, 0.5) is 0 Å². The maximum absolute atomic E-state index is 4.74. The molecule has 6 aliphatic heterocycles. The van der Waals surface area contributed by atoms with Gasteiger partial charge in [0.2, 0.25) is 0 Å². The minimum atomic E-state index is -0.965. The average molecular weight is 379 g/mol. The predicted octanol–water partition coefficient (Wildman–Crippen LogP) is 0.818. The third-order valence-corrected chi connectivity index (χ3v) is 11.4. The Bertz CT molecular complexity index is 582. The summed E-state index contributed by atoms with van der Waals surface area (Å²) in [6.45, 7) is 3.10. The predicted molar refractivity (Wildman–Crippen MR) is 95.8 cm³/mol. The van der Waals surface area contributed by atoms with Crippen molar-refractivity contribution in [1.82, 2.24) is 16.0 Å². The van der Waals surface area contributed by atoms with E-state index in [1.165, 1.54) is 56.0 Å². The molecule has 0 spiro atoms. The van der Waals surface area contributed by atoms with Crippen molar-refractivity contribution in [2.45, 2.75) is 53.2 Å². The molecule has 0 aromatic rings. The fourth-order valence-corrected chi connectivity index (χ4v) is 10.8. The number of amidine groups is 3. The topological polar surface area (TPSA) is 73.2 Å². The SMILES string of the molecule is C1CC2C[CH]([Cr]([CH]3CC4CCN=C4N3)[CH]3CC4CCN=C4N3)NC2=N1. The fourth-order valence-electron chi connectivity index (χ4n) is 5.58. The zero-order valence-electron chi connectivity index (χ0n) is 14.6. The molecule has 0 amide bonds. The summed E-state index contributed by atoms with van der Waals surface area (Å²) >= 11 is -0.965. The van der Waals surface area contributed by atoms with Crippen molar-refractivity contribution in [3.05, 3.63) is 0 Å². The number of nitrogens with zero attached hydrogens (tertiary/aromatic N) is 3. The van der Waals surface area contributed by atoms with E-state index in [9.17, 15) is 0 Å². The molecular weight excluding hydrogens is 352 g/mol. The van der Waals surface area contributed by atoms with Gasteiger partial charge in [0.05, 0.1) is 0 Å². The Morgan fingerprint density at radius 3 is 1.28 bits per heavy atom. The summed E-state index contributed by atoms with van der Waals surface area (Å²) in [6, 6.07) is 0. The Balaban J connectivity index is 1.28. The van der Waals surface area contributed by atoms with Crippen LogP contribution in [0.3, 0.4) is 0 Å². The number of rotatable bonds is 3. The van der Waals surface area contributed by atoms with Crippen LogP contribution in [-0.4, -0.2) is 51.9 Å². The van der Waals surface area contributed by atoms with Gasteiger partial charge in [0.25, 0.3) is 0 Å². The number of nitrogens with one attached hydrogen (secondary N) is 3. The van der Waals surface area contributed by atoms with E-state index in [4.69, 9.17) is 15.0 Å². The molecular formula is C18H27CrN6. The zero-order valence-corrected chi connectivity index (χ0v) is 15.9. The van der Waals surface area contributed by atoms with Crippen molar-refractivity contribution in [2.24, 2.45) is 32.7 Å². The molecule has 6 nitrogen and oxygen atoms in total. The van der Waals surface area contributed by atoms with Gasteiger partial charge >= 0.3 is 153 Å². The maximum atomic E-state index is 4.74. The Labute approximate surface area is 153 Å². The molecule has 6 aliphatic rings. The summed E-state index contributed by atoms with van der Waals surface area (Å²) in [5.74, 6) is 6.12. The van der Waals surface area contributed by atoms with Gasteiger partial charge < -0.3 is 0 Å². The molecule has 0 bridgehead atoms. The van der Waals surface area contributed by atoms with Crippen molar-refractivity contribution < 1.29 is 14.1 Å². The van der Waals surface area contributed by atoms with Crippen LogP contribution in [-0.2, 0) is 14.1 Å². The Morgan fingerprint density at radius 1 is 0.600 bits per heavy atom. The molecule has 6 rings (SSSR count). The van der Waals surface area contributed by atoms with E-state index >= 15 is 0 Å². The molecule has 135 valence electrons. The molecule has 0 radical (unpaired) electrons. The summed E-state index contributed by atoms with van der Waals surface area (Å²) in [5, 5.41) is 11.7. The van der Waals surface area contributed by atoms with E-state index in [1.54, 1.807) is 0 Å². The standard InChI is InChI=1S/3C6H9N2.Cr/c3*1-3-7-6-5(1)2-4-8-6;/h3*3,5H,1-2,4H2,(H,7,8);. The Morgan fingerprint density at radius 2 is 0.960 bits per heavy atom. The third kappa shape index (κ3) is 2.39. The quantitative estimate of drug-likeness (QED) is 0.680. The molecule has 3 fully saturated rings. The van der Waals surface area contributed by atoms with Crippen molar-refractivity contribution in [3.8, 4) is 0 Å². The summed E-state index contributed by atoms with van der Waals surface area (Å²) < 4.78 is 0. The molecule has 0 aromatic heterocycles. The molecule has 7 heteroatoms. The fraction of sp³-hybridized carbons (Fsp3) is 0.833. The molecule has 0 aromatic carbocycles. The van der Waals surface area contributed by atoms with Crippen molar-refractivity contribution in [1.29, 1.82) is 0 Å². The number of hydrogen-bond acceptors (Lipinski definition) is 6. The minimum absolute atomic E-state index is 0.665. The van der Waals surface area contributed by atoms with E-state index in [0.29, 0.717) is 32.5 Å². The van der Waals surface area contributed by atoms with Crippen LogP contribution in [0.5, 0.6) is 0 Å². The van der Waals surface area contributed by atoms with Gasteiger partial charge in [0.15, 0.2) is 0 Å². The van der Waals surface area contributed by atoms with Crippen LogP contribution in [0.1, 0.15) is 38.5 Å². The molecule has 6 atom stereocenters. The first-order chi connectivity index (χ1) is 12.3. The van der Waals surface area contributed by atoms with Crippen LogP contribution >= 0.6 is 0 Å². The average Bonchev–Trinajstić information content (AvgIpc) is 3.35. The van der Waals surface area contributed by atoms with E-state index in [0.717, 1.165) is 19.6 Å². The first-order valence-corrected chi connectivity index (χ1v) is 12.2. The number of fused-ring (bicyclic) bond motifs is 3. The first-order valence-electron chi connectivity index (χ1n) is 9.98. The van der Waals surface area contributed by atoms with Crippen LogP contribution in [0, 0.1) is 17.8 Å². The van der Waals surface area contributed by atoms with Gasteiger partial charge in [-0.3, -0.25) is 0 Å². The second-order valence-electron chi connectivity index (χ2n) is 8.27. The molecule has 0 saturated carbocycles. The van der Waals surface area contributed by atoms with E-state index in [2.05, 4.69) is 16.0 Å². The zero-order chi connectivity index (χ0) is 16.4. The third-order valence-electron chi connectivity index (χ3n) is 6.85. The molecule has 6 heterocycles. The van der Waals surface area contributed by atoms with Gasteiger partial charge in [-0.2, -0.15) is 0 Å². The summed E-state index contributed by atoms with van der Waals surface area (Å²) in [4.78, 5) is 16.2. The number of hydrogen-bond donors (Lipinski definition) is 3. The van der Waals surface area contributed by atoms with Gasteiger partial charge in [-0.1, -0.05) is 0 Å². The van der Waals surface area contributed by atoms with Gasteiger partial charge in [-0.05, 0) is 0 Å². The second-order valence-corrected chi connectivity index (χ2v) is 12.2. The summed E-state index contributed by atoms with van der Waals surface area (Å²) in [7, 11) is 0. The molecule has 3 N–H and O–H groups in total. The number of aliphatic imine (C=N–C) groups is 3. The van der Waals surface area contributed by atoms with Crippen LogP contribution in [0.25, 0.3) is 0 Å². The van der Waals surface area contributed by atoms with Gasteiger partial charge in [-0.15, -0.1) is 0 Å². The van der Waals surface area contributed by atoms with E-state index < -0.39 is 14.1 Å². The first kappa shape index (κ1) is 15.0.